The van der Waals surface area contributed by atoms with E-state index in [9.17, 15) is 29.9 Å². The van der Waals surface area contributed by atoms with Gasteiger partial charge in [0.05, 0.1) is 25.2 Å². The molecular weight excluding hydrogens is 752 g/mol. The first-order chi connectivity index (χ1) is 24.4. The molecule has 5 N–H and O–H groups in total. The highest BCUT2D eigenvalue weighted by molar-refractivity contribution is 8.07. The van der Waals surface area contributed by atoms with Crippen LogP contribution in [0.3, 0.4) is 0 Å². The van der Waals surface area contributed by atoms with E-state index in [1.54, 1.807) is 4.57 Å². The van der Waals surface area contributed by atoms with Gasteiger partial charge in [-0.2, -0.15) is 0 Å². The summed E-state index contributed by atoms with van der Waals surface area (Å²) in [7, 11) is 0. The topological polar surface area (TPSA) is 240 Å². The fourth-order valence-corrected chi connectivity index (χ4v) is 9.91. The highest BCUT2D eigenvalue weighted by atomic mass is 32.5. The van der Waals surface area contributed by atoms with Gasteiger partial charge in [0.15, 0.2) is 23.6 Å². The molecule has 3 fully saturated rings. The van der Waals surface area contributed by atoms with Gasteiger partial charge in [0.25, 0.3) is 5.56 Å². The number of hydrogen-bond donors (Lipinski definition) is 5. The molecule has 23 heteroatoms. The van der Waals surface area contributed by atoms with Crippen LogP contribution < -0.4 is 5.56 Å². The monoisotopic (exact) mass is 787 g/mol. The molecule has 0 aromatic carbocycles. The zero-order valence-corrected chi connectivity index (χ0v) is 30.1. The number of aliphatic hydroxyl groups is 3. The highest BCUT2D eigenvalue weighted by Crippen LogP contribution is 2.54. The summed E-state index contributed by atoms with van der Waals surface area (Å²) in [5, 5.41) is 33.0. The molecule has 8 rings (SSSR count). The van der Waals surface area contributed by atoms with Crippen LogP contribution in [0, 0.1) is 0 Å². The Kier molecular flexibility index (Phi) is 9.78. The lowest BCUT2D eigenvalue weighted by atomic mass is 10.1. The first kappa shape index (κ1) is 35.8. The van der Waals surface area contributed by atoms with E-state index >= 15 is 0 Å². The average molecular weight is 788 g/mol. The van der Waals surface area contributed by atoms with Gasteiger partial charge in [-0.25, -0.2) is 19.9 Å². The molecule has 0 spiro atoms. The number of hydrogen-bond acceptors (Lipinski definition) is 16. The molecule has 2 bridgehead atoms. The van der Waals surface area contributed by atoms with Gasteiger partial charge in [-0.15, -0.1) is 0 Å². The molecule has 4 aliphatic rings. The van der Waals surface area contributed by atoms with Crippen LogP contribution in [-0.4, -0.2) is 115 Å². The lowest BCUT2D eigenvalue weighted by molar-refractivity contribution is -0.0606. The zero-order valence-electron chi connectivity index (χ0n) is 26.7. The fraction of sp³-hybridized carbons (Fsp3) is 0.607. The van der Waals surface area contributed by atoms with Crippen LogP contribution in [0.4, 0.5) is 0 Å². The molecule has 10 atom stereocenters. The van der Waals surface area contributed by atoms with Crippen LogP contribution in [0.5, 0.6) is 0 Å². The van der Waals surface area contributed by atoms with Crippen molar-refractivity contribution in [1.82, 2.24) is 33.6 Å². The number of aryl methyl sites for hydroxylation is 3. The van der Waals surface area contributed by atoms with Crippen molar-refractivity contribution in [3.8, 4) is 0 Å². The van der Waals surface area contributed by atoms with Gasteiger partial charge in [0.2, 0.25) is 0 Å². The third kappa shape index (κ3) is 6.66. The highest BCUT2D eigenvalue weighted by Gasteiger charge is 2.52. The molecule has 7 heterocycles. The summed E-state index contributed by atoms with van der Waals surface area (Å²) in [5.41, 5.74) is 2.09. The maximum Gasteiger partial charge on any atom is 0.325 e. The lowest BCUT2D eigenvalue weighted by Crippen LogP contribution is -2.36. The number of imidazole rings is 1. The first-order valence-corrected chi connectivity index (χ1v) is 21.5. The second-order valence-corrected chi connectivity index (χ2v) is 18.3. The van der Waals surface area contributed by atoms with E-state index < -0.39 is 81.3 Å². The number of ether oxygens (including phenoxy) is 2. The minimum atomic E-state index is -4.22. The molecule has 51 heavy (non-hydrogen) atoms. The summed E-state index contributed by atoms with van der Waals surface area (Å²) < 4.78 is 39.8. The van der Waals surface area contributed by atoms with E-state index in [1.807, 2.05) is 6.20 Å². The van der Waals surface area contributed by atoms with Crippen LogP contribution in [-0.2, 0) is 70.6 Å². The number of aliphatic hydroxyl groups excluding tert-OH is 3. The molecule has 2 unspecified atom stereocenters. The standard InChI is InChI=1S/C28H35N7O12P2S2/c36-7-3-6-33-12-32-25-19(26(33)39)31-13-35(25)28-23-20(37)16(44-28)9-42-48(40,50)46-22-17(10-43-49(41,51)47-23)45-27(21(22)38)34-8-14-4-1-2-5-15-18(14)24(34)30-11-29-15/h8,11-13,16-17,20-23,27-28,36-38H,1-7,9-10H2,(H,40,50)(H,41,51)/t16-,17-,20-,21-,22-,23-,27-,28-,48?,49?/m1/s1. The van der Waals surface area contributed by atoms with E-state index in [4.69, 9.17) is 51.2 Å². The number of nitrogens with zero attached hydrogens (tertiary/aromatic N) is 7. The third-order valence-corrected chi connectivity index (χ3v) is 12.6. The summed E-state index contributed by atoms with van der Waals surface area (Å²) in [5.74, 6) is 0. The molecule has 19 nitrogen and oxygen atoms in total. The van der Waals surface area contributed by atoms with Gasteiger partial charge in [-0.1, -0.05) is 0 Å². The molecule has 0 amide bonds. The number of fused-ring (bicyclic) bond motifs is 4. The van der Waals surface area contributed by atoms with Gasteiger partial charge in [-0.05, 0) is 61.3 Å². The lowest BCUT2D eigenvalue weighted by Gasteiger charge is -2.28. The maximum atomic E-state index is 13.0. The quantitative estimate of drug-likeness (QED) is 0.168. The predicted octanol–water partition coefficient (Wildman–Crippen LogP) is 0.0665. The Bertz CT molecular complexity index is 2120. The molecule has 1 aliphatic carbocycles. The van der Waals surface area contributed by atoms with E-state index in [-0.39, 0.29) is 24.3 Å². The van der Waals surface area contributed by atoms with Gasteiger partial charge in [0.1, 0.15) is 54.9 Å². The van der Waals surface area contributed by atoms with Crippen LogP contribution >= 0.6 is 13.4 Å². The van der Waals surface area contributed by atoms with E-state index in [2.05, 4.69) is 19.9 Å². The molecular formula is C28H35N7O12P2S2. The van der Waals surface area contributed by atoms with Gasteiger partial charge < -0.3 is 48.2 Å². The molecule has 0 radical (unpaired) electrons. The zero-order chi connectivity index (χ0) is 35.7. The third-order valence-electron chi connectivity index (χ3n) is 9.47. The average Bonchev–Trinajstić information content (AvgIpc) is 3.80. The summed E-state index contributed by atoms with van der Waals surface area (Å²) in [6.45, 7) is -9.26. The SMILES string of the molecule is O=c1c2ncn([C@@H]3O[C@@H]4COP(O)(=S)O[C@H]5[C@@H](O)[C@H](n6cc7c8c(ncnc86)CCCC7)O[C@@H]5COP(O)(=S)O[C@@H]3[C@@H]4O)c2ncn1CCCO. The van der Waals surface area contributed by atoms with Crippen molar-refractivity contribution in [2.45, 2.75) is 87.7 Å². The molecule has 0 saturated carbocycles. The minimum Gasteiger partial charge on any atom is -0.396 e. The van der Waals surface area contributed by atoms with Crippen molar-refractivity contribution in [2.24, 2.45) is 0 Å². The Morgan fingerprint density at radius 1 is 0.843 bits per heavy atom. The van der Waals surface area contributed by atoms with Crippen molar-refractivity contribution in [1.29, 1.82) is 0 Å². The van der Waals surface area contributed by atoms with Crippen LogP contribution in [0.15, 0.2) is 30.0 Å². The van der Waals surface area contributed by atoms with Crippen molar-refractivity contribution in [3.63, 3.8) is 0 Å². The minimum absolute atomic E-state index is 0.0136. The Balaban J connectivity index is 1.09. The second-order valence-electron chi connectivity index (χ2n) is 12.7. The van der Waals surface area contributed by atoms with Crippen molar-refractivity contribution < 1.29 is 52.7 Å². The Labute approximate surface area is 299 Å². The van der Waals surface area contributed by atoms with Crippen LogP contribution in [0.25, 0.3) is 22.2 Å². The summed E-state index contributed by atoms with van der Waals surface area (Å²) in [6.07, 6.45) is -0.581. The normalized spacial score (nSPS) is 36.0. The molecule has 3 aliphatic heterocycles. The Hall–Kier alpha value is -2.17. The molecule has 276 valence electrons. The smallest absolute Gasteiger partial charge is 0.325 e. The molecule has 4 aromatic heterocycles. The molecule has 4 aromatic rings. The van der Waals surface area contributed by atoms with Gasteiger partial charge in [-0.3, -0.25) is 23.0 Å². The Morgan fingerprint density at radius 2 is 1.57 bits per heavy atom. The summed E-state index contributed by atoms with van der Waals surface area (Å²) >= 11 is 10.7. The predicted molar refractivity (Wildman–Crippen MR) is 182 cm³/mol. The van der Waals surface area contributed by atoms with E-state index in [0.717, 1.165) is 42.3 Å². The van der Waals surface area contributed by atoms with Crippen LogP contribution in [0.2, 0.25) is 0 Å². The van der Waals surface area contributed by atoms with E-state index in [1.165, 1.54) is 28.1 Å². The van der Waals surface area contributed by atoms with Gasteiger partial charge in [0, 0.05) is 24.7 Å². The summed E-state index contributed by atoms with van der Waals surface area (Å²) in [6, 6.07) is 0. The number of aromatic nitrogens is 7. The largest absolute Gasteiger partial charge is 0.396 e. The summed E-state index contributed by atoms with van der Waals surface area (Å²) in [4.78, 5) is 53.0. The second kappa shape index (κ2) is 13.9. The van der Waals surface area contributed by atoms with Crippen molar-refractivity contribution in [3.05, 3.63) is 46.8 Å². The molecule has 3 saturated heterocycles. The first-order valence-electron chi connectivity index (χ1n) is 16.3. The fourth-order valence-electron chi connectivity index (χ4n) is 7.05. The van der Waals surface area contributed by atoms with Crippen LogP contribution in [0.1, 0.15) is 43.0 Å². The van der Waals surface area contributed by atoms with Crippen molar-refractivity contribution in [2.75, 3.05) is 19.8 Å². The van der Waals surface area contributed by atoms with Crippen molar-refractivity contribution >= 4 is 59.2 Å². The Morgan fingerprint density at radius 3 is 2.35 bits per heavy atom. The number of rotatable bonds is 5. The van der Waals surface area contributed by atoms with E-state index in [0.29, 0.717) is 12.1 Å². The maximum absolute atomic E-state index is 13.0. The van der Waals surface area contributed by atoms with Gasteiger partial charge >= 0.3 is 13.4 Å².